The lowest BCUT2D eigenvalue weighted by Gasteiger charge is -2.12. The first-order chi connectivity index (χ1) is 17.9. The molecule has 1 amide bonds. The van der Waals surface area contributed by atoms with Gasteiger partial charge in [-0.1, -0.05) is 11.6 Å². The van der Waals surface area contributed by atoms with Crippen LogP contribution in [0.3, 0.4) is 0 Å². The Morgan fingerprint density at radius 3 is 2.46 bits per heavy atom. The highest BCUT2D eigenvalue weighted by Gasteiger charge is 2.13. The molecule has 0 saturated heterocycles. The van der Waals surface area contributed by atoms with Crippen LogP contribution in [0.4, 0.5) is 0 Å². The summed E-state index contributed by atoms with van der Waals surface area (Å²) in [6.07, 6.45) is 1.44. The molecule has 0 atom stereocenters. The highest BCUT2D eigenvalue weighted by atomic mass is 35.5. The maximum absolute atomic E-state index is 12.5. The number of nitrogens with zero attached hydrogens (tertiary/aromatic N) is 2. The first-order valence-corrected chi connectivity index (χ1v) is 12.1. The van der Waals surface area contributed by atoms with Gasteiger partial charge in [-0.3, -0.25) is 4.79 Å². The summed E-state index contributed by atoms with van der Waals surface area (Å²) in [7, 11) is 1.52. The van der Waals surface area contributed by atoms with Crippen LogP contribution in [0.5, 0.6) is 17.2 Å². The molecule has 192 valence electrons. The Kier molecular flexibility index (Phi) is 8.20. The van der Waals surface area contributed by atoms with Crippen molar-refractivity contribution in [3.8, 4) is 22.9 Å². The number of aromatic nitrogens is 1. The number of rotatable bonds is 10. The van der Waals surface area contributed by atoms with Crippen LogP contribution in [-0.4, -0.2) is 30.4 Å². The third kappa shape index (κ3) is 6.16. The number of nitrogens with one attached hydrogen (secondary N) is 1. The first kappa shape index (κ1) is 25.9. The van der Waals surface area contributed by atoms with Gasteiger partial charge in [0.2, 0.25) is 0 Å². The maximum Gasteiger partial charge on any atom is 0.307 e. The van der Waals surface area contributed by atoms with E-state index >= 15 is 0 Å². The van der Waals surface area contributed by atoms with E-state index in [0.717, 1.165) is 5.69 Å². The zero-order valence-electron chi connectivity index (χ0n) is 21.1. The Labute approximate surface area is 220 Å². The van der Waals surface area contributed by atoms with E-state index in [2.05, 4.69) is 41.1 Å². The van der Waals surface area contributed by atoms with Gasteiger partial charge in [0.25, 0.3) is 0 Å². The van der Waals surface area contributed by atoms with Crippen LogP contribution in [0.1, 0.15) is 40.2 Å². The summed E-state index contributed by atoms with van der Waals surface area (Å²) in [6, 6.07) is 18.6. The second-order valence-corrected chi connectivity index (χ2v) is 8.60. The summed E-state index contributed by atoms with van der Waals surface area (Å²) in [5.41, 5.74) is 6.40. The van der Waals surface area contributed by atoms with Crippen LogP contribution in [0.2, 0.25) is 5.02 Å². The van der Waals surface area contributed by atoms with Gasteiger partial charge in [-0.25, -0.2) is 5.43 Å². The van der Waals surface area contributed by atoms with Crippen LogP contribution < -0.4 is 19.6 Å². The molecule has 0 radical (unpaired) electrons. The van der Waals surface area contributed by atoms with E-state index < -0.39 is 5.91 Å². The monoisotopic (exact) mass is 521 g/mol. The number of carbonyl (C=O) groups is 1. The third-order valence-corrected chi connectivity index (χ3v) is 5.78. The first-order valence-electron chi connectivity index (χ1n) is 11.7. The summed E-state index contributed by atoms with van der Waals surface area (Å²) in [5.74, 6) is 1.77. The average molecular weight is 522 g/mol. The van der Waals surface area contributed by atoms with Crippen LogP contribution in [-0.2, 0) is 6.61 Å². The molecule has 37 heavy (non-hydrogen) atoms. The molecule has 0 unspecified atom stereocenters. The largest absolute Gasteiger partial charge is 0.493 e. The van der Waals surface area contributed by atoms with Crippen LogP contribution in [0.15, 0.2) is 70.2 Å². The highest BCUT2D eigenvalue weighted by molar-refractivity contribution is 6.31. The molecule has 0 aliphatic rings. The van der Waals surface area contributed by atoms with Gasteiger partial charge in [0.05, 0.1) is 19.9 Å². The Hall–Kier alpha value is -4.17. The fourth-order valence-electron chi connectivity index (χ4n) is 3.85. The summed E-state index contributed by atoms with van der Waals surface area (Å²) in [6.45, 7) is 6.60. The molecule has 2 heterocycles. The van der Waals surface area contributed by atoms with E-state index in [4.69, 9.17) is 30.2 Å². The molecule has 1 N–H and O–H groups in total. The van der Waals surface area contributed by atoms with E-state index in [1.165, 1.54) is 24.7 Å². The standard InChI is InChI=1S/C28H28ClN3O5/c1-5-35-27-20(14-21(29)15-26(27)34-4)16-30-31-28(33)25-13-12-24(37-25)17-36-23-10-8-22(9-11-23)32-18(2)6-7-19(32)3/h6-16H,5,17H2,1-4H3,(H,31,33). The number of halogens is 1. The van der Waals surface area contributed by atoms with Crippen LogP contribution >= 0.6 is 11.6 Å². The van der Waals surface area contributed by atoms with Crippen molar-refractivity contribution in [1.29, 1.82) is 0 Å². The van der Waals surface area contributed by atoms with Crippen molar-refractivity contribution in [2.24, 2.45) is 5.10 Å². The number of aryl methyl sites for hydroxylation is 2. The summed E-state index contributed by atoms with van der Waals surface area (Å²) >= 11 is 6.15. The summed E-state index contributed by atoms with van der Waals surface area (Å²) in [5, 5.41) is 4.46. The number of ether oxygens (including phenoxy) is 3. The van der Waals surface area contributed by atoms with E-state index in [1.54, 1.807) is 24.3 Å². The second kappa shape index (κ2) is 11.7. The van der Waals surface area contributed by atoms with Crippen LogP contribution in [0.25, 0.3) is 5.69 Å². The van der Waals surface area contributed by atoms with Gasteiger partial charge in [-0.05, 0) is 75.4 Å². The predicted molar refractivity (Wildman–Crippen MR) is 143 cm³/mol. The number of amides is 1. The van der Waals surface area contributed by atoms with Crippen LogP contribution in [0, 0.1) is 13.8 Å². The van der Waals surface area contributed by atoms with Gasteiger partial charge in [-0.15, -0.1) is 0 Å². The summed E-state index contributed by atoms with van der Waals surface area (Å²) in [4.78, 5) is 12.5. The lowest BCUT2D eigenvalue weighted by Crippen LogP contribution is -2.17. The van der Waals surface area contributed by atoms with Gasteiger partial charge < -0.3 is 23.2 Å². The predicted octanol–water partition coefficient (Wildman–Crippen LogP) is 6.09. The Morgan fingerprint density at radius 1 is 1.05 bits per heavy atom. The minimum atomic E-state index is -0.503. The van der Waals surface area contributed by atoms with Crippen molar-refractivity contribution >= 4 is 23.7 Å². The molecule has 0 aliphatic heterocycles. The average Bonchev–Trinajstić information content (AvgIpc) is 3.50. The molecule has 2 aromatic carbocycles. The lowest BCUT2D eigenvalue weighted by molar-refractivity contribution is 0.0923. The number of hydrazone groups is 1. The number of methoxy groups -OCH3 is 1. The van der Waals surface area contributed by atoms with Gasteiger partial charge in [0.1, 0.15) is 18.1 Å². The van der Waals surface area contributed by atoms with E-state index in [0.29, 0.717) is 40.2 Å². The number of carbonyl (C=O) groups excluding carboxylic acids is 1. The molecule has 0 saturated carbocycles. The van der Waals surface area contributed by atoms with Crippen molar-refractivity contribution in [3.05, 3.63) is 94.2 Å². The number of furan rings is 1. The molecular formula is C28H28ClN3O5. The van der Waals surface area contributed by atoms with E-state index in [-0.39, 0.29) is 12.4 Å². The highest BCUT2D eigenvalue weighted by Crippen LogP contribution is 2.33. The zero-order chi connectivity index (χ0) is 26.4. The van der Waals surface area contributed by atoms with Gasteiger partial charge >= 0.3 is 5.91 Å². The molecule has 0 fully saturated rings. The number of hydrogen-bond donors (Lipinski definition) is 1. The molecule has 2 aromatic heterocycles. The smallest absolute Gasteiger partial charge is 0.307 e. The van der Waals surface area contributed by atoms with Crippen molar-refractivity contribution in [2.45, 2.75) is 27.4 Å². The third-order valence-electron chi connectivity index (χ3n) is 5.56. The SMILES string of the molecule is CCOc1c(C=NNC(=O)c2ccc(COc3ccc(-n4c(C)ccc4C)cc3)o2)cc(Cl)cc1OC. The molecule has 8 nitrogen and oxygen atoms in total. The normalized spacial score (nSPS) is 11.1. The van der Waals surface area contributed by atoms with Crippen molar-refractivity contribution in [1.82, 2.24) is 9.99 Å². The quantitative estimate of drug-likeness (QED) is 0.201. The molecule has 0 aliphatic carbocycles. The molecular weight excluding hydrogens is 494 g/mol. The van der Waals surface area contributed by atoms with Crippen molar-refractivity contribution in [3.63, 3.8) is 0 Å². The minimum Gasteiger partial charge on any atom is -0.493 e. The van der Waals surface area contributed by atoms with E-state index in [1.807, 2.05) is 31.2 Å². The molecule has 0 bridgehead atoms. The Balaban J connectivity index is 1.35. The second-order valence-electron chi connectivity index (χ2n) is 8.16. The molecule has 0 spiro atoms. The molecule has 9 heteroatoms. The molecule has 4 rings (SSSR count). The maximum atomic E-state index is 12.5. The molecule has 4 aromatic rings. The van der Waals surface area contributed by atoms with Crippen molar-refractivity contribution < 1.29 is 23.4 Å². The van der Waals surface area contributed by atoms with Gasteiger partial charge in [-0.2, -0.15) is 5.10 Å². The minimum absolute atomic E-state index is 0.110. The fraction of sp³-hybridized carbons (Fsp3) is 0.214. The summed E-state index contributed by atoms with van der Waals surface area (Å²) < 4.78 is 24.6. The zero-order valence-corrected chi connectivity index (χ0v) is 21.8. The topological polar surface area (TPSA) is 87.2 Å². The van der Waals surface area contributed by atoms with Gasteiger partial charge in [0, 0.05) is 33.7 Å². The van der Waals surface area contributed by atoms with Gasteiger partial charge in [0.15, 0.2) is 17.3 Å². The Bertz CT molecular complexity index is 1390. The Morgan fingerprint density at radius 2 is 1.78 bits per heavy atom. The lowest BCUT2D eigenvalue weighted by atomic mass is 10.2. The van der Waals surface area contributed by atoms with E-state index in [9.17, 15) is 4.79 Å². The fourth-order valence-corrected chi connectivity index (χ4v) is 4.07. The van der Waals surface area contributed by atoms with Crippen molar-refractivity contribution in [2.75, 3.05) is 13.7 Å². The number of benzene rings is 2. The number of hydrogen-bond acceptors (Lipinski definition) is 6.